The summed E-state index contributed by atoms with van der Waals surface area (Å²) in [6, 6.07) is 15.9. The lowest BCUT2D eigenvalue weighted by atomic mass is 10.1. The van der Waals surface area contributed by atoms with Crippen molar-refractivity contribution in [1.29, 1.82) is 0 Å². The van der Waals surface area contributed by atoms with Gasteiger partial charge in [-0.1, -0.05) is 30.0 Å². The summed E-state index contributed by atoms with van der Waals surface area (Å²) in [4.78, 5) is 14.8. The van der Waals surface area contributed by atoms with Crippen molar-refractivity contribution in [3.8, 4) is 11.4 Å². The Morgan fingerprint density at radius 3 is 2.78 bits per heavy atom. The molecule has 0 aliphatic carbocycles. The van der Waals surface area contributed by atoms with Gasteiger partial charge in [0.05, 0.1) is 12.9 Å². The molecule has 7 heteroatoms. The lowest BCUT2D eigenvalue weighted by Crippen LogP contribution is -2.37. The number of hydrogen-bond acceptors (Lipinski definition) is 5. The molecule has 1 aliphatic heterocycles. The number of aromatic nitrogens is 3. The van der Waals surface area contributed by atoms with Gasteiger partial charge in [0.15, 0.2) is 5.16 Å². The average Bonchev–Trinajstić information content (AvgIpc) is 3.29. The molecule has 6 nitrogen and oxygen atoms in total. The predicted octanol–water partition coefficient (Wildman–Crippen LogP) is 3.35. The van der Waals surface area contributed by atoms with E-state index in [0.717, 1.165) is 23.5 Å². The van der Waals surface area contributed by atoms with Crippen LogP contribution in [-0.2, 0) is 11.2 Å². The minimum absolute atomic E-state index is 0.0849. The fraction of sp³-hybridized carbons (Fsp3) is 0.250. The first kappa shape index (κ1) is 17.6. The molecule has 0 unspecified atom stereocenters. The molecule has 0 bridgehead atoms. The van der Waals surface area contributed by atoms with Crippen LogP contribution in [0.1, 0.15) is 12.5 Å². The van der Waals surface area contributed by atoms with E-state index in [0.29, 0.717) is 10.9 Å². The van der Waals surface area contributed by atoms with E-state index in [1.807, 2.05) is 51.9 Å². The molecular weight excluding hydrogens is 360 g/mol. The summed E-state index contributed by atoms with van der Waals surface area (Å²) in [6.07, 6.45) is 2.55. The highest BCUT2D eigenvalue weighted by molar-refractivity contribution is 7.99. The van der Waals surface area contributed by atoms with Crippen molar-refractivity contribution in [3.63, 3.8) is 0 Å². The van der Waals surface area contributed by atoms with Crippen LogP contribution >= 0.6 is 11.8 Å². The number of nitrogens with zero attached hydrogens (tertiary/aromatic N) is 4. The zero-order valence-corrected chi connectivity index (χ0v) is 16.0. The molecule has 27 heavy (non-hydrogen) atoms. The van der Waals surface area contributed by atoms with Crippen molar-refractivity contribution >= 4 is 23.4 Å². The van der Waals surface area contributed by atoms with Crippen LogP contribution in [0.25, 0.3) is 5.69 Å². The van der Waals surface area contributed by atoms with Crippen molar-refractivity contribution in [1.82, 2.24) is 14.8 Å². The maximum absolute atomic E-state index is 12.9. The molecule has 2 heterocycles. The quantitative estimate of drug-likeness (QED) is 0.636. The molecule has 0 spiro atoms. The van der Waals surface area contributed by atoms with E-state index in [4.69, 9.17) is 4.74 Å². The lowest BCUT2D eigenvalue weighted by molar-refractivity contribution is -0.116. The number of benzene rings is 2. The van der Waals surface area contributed by atoms with Gasteiger partial charge < -0.3 is 9.64 Å². The molecule has 1 aromatic heterocycles. The van der Waals surface area contributed by atoms with Crippen LogP contribution in [0.4, 0.5) is 5.69 Å². The first-order valence-electron chi connectivity index (χ1n) is 8.74. The molecule has 138 valence electrons. The summed E-state index contributed by atoms with van der Waals surface area (Å²) in [5.74, 6) is 1.19. The second kappa shape index (κ2) is 7.44. The van der Waals surface area contributed by atoms with Gasteiger partial charge >= 0.3 is 0 Å². The minimum Gasteiger partial charge on any atom is -0.497 e. The molecule has 4 rings (SSSR count). The van der Waals surface area contributed by atoms with Gasteiger partial charge in [0.2, 0.25) is 5.91 Å². The van der Waals surface area contributed by atoms with Crippen LogP contribution in [0.3, 0.4) is 0 Å². The lowest BCUT2D eigenvalue weighted by Gasteiger charge is -2.22. The third kappa shape index (κ3) is 3.42. The monoisotopic (exact) mass is 380 g/mol. The van der Waals surface area contributed by atoms with Crippen molar-refractivity contribution < 1.29 is 9.53 Å². The molecular formula is C20H20N4O2S. The highest BCUT2D eigenvalue weighted by Gasteiger charge is 2.30. The molecule has 1 atom stereocenters. The Kier molecular flexibility index (Phi) is 4.85. The largest absolute Gasteiger partial charge is 0.497 e. The Balaban J connectivity index is 1.48. The van der Waals surface area contributed by atoms with Gasteiger partial charge in [-0.25, -0.2) is 0 Å². The average molecular weight is 380 g/mol. The van der Waals surface area contributed by atoms with E-state index in [2.05, 4.69) is 23.2 Å². The summed E-state index contributed by atoms with van der Waals surface area (Å²) in [5.41, 5.74) is 3.17. The number of carbonyl (C=O) groups excluding carboxylic acids is 1. The molecule has 3 aromatic rings. The van der Waals surface area contributed by atoms with Crippen LogP contribution in [0, 0.1) is 0 Å². The molecule has 0 N–H and O–H groups in total. The van der Waals surface area contributed by atoms with Crippen LogP contribution in [-0.4, -0.2) is 39.6 Å². The summed E-state index contributed by atoms with van der Waals surface area (Å²) in [5, 5.41) is 8.86. The van der Waals surface area contributed by atoms with Gasteiger partial charge in [0.1, 0.15) is 12.1 Å². The number of fused-ring (bicyclic) bond motifs is 1. The second-order valence-electron chi connectivity index (χ2n) is 6.42. The van der Waals surface area contributed by atoms with Gasteiger partial charge in [-0.05, 0) is 49.2 Å². The second-order valence-corrected chi connectivity index (χ2v) is 7.36. The maximum atomic E-state index is 12.9. The highest BCUT2D eigenvalue weighted by Crippen LogP contribution is 2.33. The number of thioether (sulfide) groups is 1. The first-order chi connectivity index (χ1) is 13.2. The van der Waals surface area contributed by atoms with Crippen LogP contribution in [0.15, 0.2) is 60.0 Å². The summed E-state index contributed by atoms with van der Waals surface area (Å²) < 4.78 is 7.07. The smallest absolute Gasteiger partial charge is 0.237 e. The fourth-order valence-electron chi connectivity index (χ4n) is 3.38. The summed E-state index contributed by atoms with van der Waals surface area (Å²) in [7, 11) is 1.64. The molecule has 2 aromatic carbocycles. The van der Waals surface area contributed by atoms with Crippen molar-refractivity contribution in [2.45, 2.75) is 24.5 Å². The van der Waals surface area contributed by atoms with Gasteiger partial charge in [-0.3, -0.25) is 9.36 Å². The van der Waals surface area contributed by atoms with Gasteiger partial charge in [-0.2, -0.15) is 0 Å². The molecule has 1 amide bonds. The van der Waals surface area contributed by atoms with Crippen LogP contribution < -0.4 is 9.64 Å². The Hall–Kier alpha value is -2.80. The maximum Gasteiger partial charge on any atom is 0.237 e. The van der Waals surface area contributed by atoms with E-state index in [-0.39, 0.29) is 11.9 Å². The van der Waals surface area contributed by atoms with Crippen LogP contribution in [0.5, 0.6) is 5.75 Å². The Labute approximate surface area is 162 Å². The molecule has 0 saturated heterocycles. The number of amides is 1. The van der Waals surface area contributed by atoms with Crippen molar-refractivity contribution in [3.05, 3.63) is 60.4 Å². The number of methoxy groups -OCH3 is 1. The van der Waals surface area contributed by atoms with E-state index in [1.165, 1.54) is 17.3 Å². The van der Waals surface area contributed by atoms with E-state index < -0.39 is 0 Å². The highest BCUT2D eigenvalue weighted by atomic mass is 32.2. The number of para-hydroxylation sites is 1. The molecule has 0 radical (unpaired) electrons. The standard InChI is InChI=1S/C20H20N4O2S/c1-14-11-15-5-3-4-6-18(15)24(14)19(25)12-27-20-22-21-13-23(20)16-7-9-17(26-2)10-8-16/h3-10,13-14H,11-12H2,1-2H3/t14-/m1/s1. The van der Waals surface area contributed by atoms with E-state index in [9.17, 15) is 4.79 Å². The fourth-order valence-corrected chi connectivity index (χ4v) is 4.17. The van der Waals surface area contributed by atoms with Gasteiger partial charge in [-0.15, -0.1) is 10.2 Å². The Morgan fingerprint density at radius 2 is 2.00 bits per heavy atom. The normalized spacial score (nSPS) is 15.6. The number of anilines is 1. The summed E-state index contributed by atoms with van der Waals surface area (Å²) in [6.45, 7) is 2.09. The zero-order chi connectivity index (χ0) is 18.8. The SMILES string of the molecule is COc1ccc(-n2cnnc2SCC(=O)N2c3ccccc3C[C@H]2C)cc1. The molecule has 1 aliphatic rings. The Morgan fingerprint density at radius 1 is 1.22 bits per heavy atom. The zero-order valence-electron chi connectivity index (χ0n) is 15.2. The van der Waals surface area contributed by atoms with E-state index >= 15 is 0 Å². The van der Waals surface area contributed by atoms with Crippen molar-refractivity contribution in [2.75, 3.05) is 17.8 Å². The molecule has 0 fully saturated rings. The van der Waals surface area contributed by atoms with E-state index in [1.54, 1.807) is 13.4 Å². The minimum atomic E-state index is 0.0849. The number of hydrogen-bond donors (Lipinski definition) is 0. The van der Waals surface area contributed by atoms with Crippen molar-refractivity contribution in [2.24, 2.45) is 0 Å². The number of rotatable bonds is 5. The first-order valence-corrected chi connectivity index (χ1v) is 9.73. The third-order valence-corrected chi connectivity index (χ3v) is 5.60. The third-order valence-electron chi connectivity index (χ3n) is 4.67. The topological polar surface area (TPSA) is 60.2 Å². The summed E-state index contributed by atoms with van der Waals surface area (Å²) >= 11 is 1.40. The van der Waals surface area contributed by atoms with Gasteiger partial charge in [0.25, 0.3) is 0 Å². The predicted molar refractivity (Wildman–Crippen MR) is 106 cm³/mol. The van der Waals surface area contributed by atoms with Gasteiger partial charge in [0, 0.05) is 17.4 Å². The number of ether oxygens (including phenoxy) is 1. The molecule has 0 saturated carbocycles. The number of carbonyl (C=O) groups is 1. The van der Waals surface area contributed by atoms with Crippen LogP contribution in [0.2, 0.25) is 0 Å². The Bertz CT molecular complexity index is 955.